The Morgan fingerprint density at radius 3 is 1.49 bits per heavy atom. The highest BCUT2D eigenvalue weighted by Crippen LogP contribution is 2.51. The number of carbonyl (C=O) groups excluding carboxylic acids is 4. The van der Waals surface area contributed by atoms with E-state index in [9.17, 15) is 53.1 Å². The van der Waals surface area contributed by atoms with Crippen LogP contribution in [-0.4, -0.2) is 107 Å². The lowest BCUT2D eigenvalue weighted by Crippen LogP contribution is -2.65. The number of ketones is 2. The first-order valence-electron chi connectivity index (χ1n) is 8.96. The summed E-state index contributed by atoms with van der Waals surface area (Å²) in [6, 6.07) is 0. The third-order valence-corrected chi connectivity index (χ3v) is 6.35. The molecule has 0 radical (unpaired) electrons. The van der Waals surface area contributed by atoms with Crippen molar-refractivity contribution >= 4 is 47.6 Å². The average molecular weight is 574 g/mol. The Morgan fingerprint density at radius 1 is 0.743 bits per heavy atom. The fourth-order valence-electron chi connectivity index (χ4n) is 2.86. The molecule has 0 aliphatic heterocycles. The molecule has 0 aromatic heterocycles. The van der Waals surface area contributed by atoms with Crippen molar-refractivity contribution in [3.8, 4) is 0 Å². The van der Waals surface area contributed by atoms with Crippen LogP contribution in [0.4, 0.5) is 0 Å². The predicted octanol–water partition coefficient (Wildman–Crippen LogP) is -3.92. The van der Waals surface area contributed by atoms with Crippen LogP contribution in [0, 0.1) is 5.92 Å². The molecule has 19 nitrogen and oxygen atoms in total. The predicted molar refractivity (Wildman–Crippen MR) is 103 cm³/mol. The van der Waals surface area contributed by atoms with Crippen molar-refractivity contribution < 1.29 is 90.8 Å². The molecule has 22 heteroatoms. The SMILES string of the molecule is O=CC(=O)C[C@H](COP(=O)(O)OC1C(O)[C@@H](OP(=O)(O)O)C(O)C(OP(=O)(O)O)[C@H]1O)C(=O)C=O. The highest BCUT2D eigenvalue weighted by Gasteiger charge is 2.56. The lowest BCUT2D eigenvalue weighted by Gasteiger charge is -2.44. The summed E-state index contributed by atoms with van der Waals surface area (Å²) in [5.41, 5.74) is 0. The molecule has 1 rings (SSSR count). The number of aliphatic hydroxyl groups is 3. The summed E-state index contributed by atoms with van der Waals surface area (Å²) >= 11 is 0. The highest BCUT2D eigenvalue weighted by molar-refractivity contribution is 7.47. The number of hydrogen-bond donors (Lipinski definition) is 8. The van der Waals surface area contributed by atoms with Gasteiger partial charge in [0, 0.05) is 6.42 Å². The van der Waals surface area contributed by atoms with Crippen LogP contribution in [0.1, 0.15) is 6.42 Å². The largest absolute Gasteiger partial charge is 0.472 e. The van der Waals surface area contributed by atoms with E-state index in [2.05, 4.69) is 18.1 Å². The van der Waals surface area contributed by atoms with Crippen molar-refractivity contribution in [3.05, 3.63) is 0 Å². The van der Waals surface area contributed by atoms with Crippen molar-refractivity contribution in [2.75, 3.05) is 6.61 Å². The fourth-order valence-corrected chi connectivity index (χ4v) is 4.97. The van der Waals surface area contributed by atoms with E-state index in [1.54, 1.807) is 0 Å². The van der Waals surface area contributed by atoms with E-state index < -0.39 is 90.6 Å². The van der Waals surface area contributed by atoms with Crippen LogP contribution in [0.3, 0.4) is 0 Å². The summed E-state index contributed by atoms with van der Waals surface area (Å²) in [6.07, 6.45) is -16.7. The average Bonchev–Trinajstić information content (AvgIpc) is 2.72. The van der Waals surface area contributed by atoms with Crippen LogP contribution in [0.2, 0.25) is 0 Å². The normalized spacial score (nSPS) is 30.2. The third-order valence-electron chi connectivity index (χ3n) is 4.33. The third kappa shape index (κ3) is 10.0. The summed E-state index contributed by atoms with van der Waals surface area (Å²) in [7, 11) is -16.6. The Morgan fingerprint density at radius 2 is 1.14 bits per heavy atom. The minimum atomic E-state index is -5.54. The lowest BCUT2D eigenvalue weighted by atomic mass is 9.85. The number of hydrogen-bond acceptors (Lipinski definition) is 14. The number of rotatable bonds is 14. The standard InChI is InChI=1S/C13H21O19P3/c14-2-6(16)1-5(7(17)3-15)4-29-35(27,28)32-13-9(19)11(30-33(21,22)23)8(18)12(10(13)20)31-34(24,25)26/h2-3,5,8-13,18-20H,1,4H2,(H,27,28)(H2,21,22,23)(H2,24,25,26)/t5-,8?,9-,10?,11?,12+,13?/m1/s1. The first-order valence-corrected chi connectivity index (χ1v) is 13.5. The van der Waals surface area contributed by atoms with E-state index in [-0.39, 0.29) is 12.6 Å². The second-order valence-electron chi connectivity index (χ2n) is 6.93. The topological polar surface area (TPSA) is 318 Å². The van der Waals surface area contributed by atoms with Crippen molar-refractivity contribution in [1.29, 1.82) is 0 Å². The molecule has 1 aliphatic rings. The Labute approximate surface area is 194 Å². The maximum absolute atomic E-state index is 12.3. The quantitative estimate of drug-likeness (QED) is 0.0558. The maximum Gasteiger partial charge on any atom is 0.472 e. The minimum absolute atomic E-state index is 0.206. The molecule has 202 valence electrons. The second-order valence-corrected chi connectivity index (χ2v) is 10.7. The Balaban J connectivity index is 3.18. The zero-order valence-electron chi connectivity index (χ0n) is 17.0. The molecule has 5 unspecified atom stereocenters. The first-order chi connectivity index (χ1) is 15.8. The number of phosphoric acid groups is 3. The molecular formula is C13H21O19P3. The molecule has 1 saturated carbocycles. The van der Waals surface area contributed by atoms with Gasteiger partial charge in [-0.05, 0) is 0 Å². The molecule has 0 aromatic rings. The molecule has 0 aromatic carbocycles. The summed E-state index contributed by atoms with van der Waals surface area (Å²) < 4.78 is 51.7. The highest BCUT2D eigenvalue weighted by atomic mass is 31.2. The van der Waals surface area contributed by atoms with Crippen LogP contribution in [0.25, 0.3) is 0 Å². The van der Waals surface area contributed by atoms with Crippen LogP contribution in [-0.2, 0) is 51.0 Å². The molecule has 0 bridgehead atoms. The Bertz CT molecular complexity index is 900. The van der Waals surface area contributed by atoms with Gasteiger partial charge in [-0.3, -0.25) is 37.3 Å². The van der Waals surface area contributed by atoms with Crippen molar-refractivity contribution in [1.82, 2.24) is 0 Å². The van der Waals surface area contributed by atoms with E-state index >= 15 is 0 Å². The van der Waals surface area contributed by atoms with Crippen LogP contribution in [0.5, 0.6) is 0 Å². The van der Waals surface area contributed by atoms with Gasteiger partial charge in [0.25, 0.3) is 0 Å². The number of carbonyl (C=O) groups is 4. The van der Waals surface area contributed by atoms with Gasteiger partial charge in [-0.1, -0.05) is 0 Å². The maximum atomic E-state index is 12.3. The molecule has 0 saturated heterocycles. The van der Waals surface area contributed by atoms with Gasteiger partial charge in [0.05, 0.1) is 12.5 Å². The van der Waals surface area contributed by atoms with Gasteiger partial charge in [-0.15, -0.1) is 0 Å². The molecule has 0 spiro atoms. The first kappa shape index (κ1) is 31.9. The molecular weight excluding hydrogens is 553 g/mol. The molecule has 0 amide bonds. The van der Waals surface area contributed by atoms with E-state index in [1.165, 1.54) is 0 Å². The number of aliphatic hydroxyl groups excluding tert-OH is 3. The van der Waals surface area contributed by atoms with E-state index in [1.807, 2.05) is 0 Å². The summed E-state index contributed by atoms with van der Waals surface area (Å²) in [5.74, 6) is -4.26. The van der Waals surface area contributed by atoms with Gasteiger partial charge >= 0.3 is 23.5 Å². The Kier molecular flexibility index (Phi) is 11.3. The molecule has 8 atom stereocenters. The van der Waals surface area contributed by atoms with Crippen molar-refractivity contribution in [2.45, 2.75) is 43.0 Å². The zero-order chi connectivity index (χ0) is 27.4. The number of phosphoric ester groups is 3. The van der Waals surface area contributed by atoms with E-state index in [4.69, 9.17) is 19.6 Å². The second kappa shape index (κ2) is 12.4. The van der Waals surface area contributed by atoms with Gasteiger partial charge in [0.2, 0.25) is 5.78 Å². The van der Waals surface area contributed by atoms with Crippen molar-refractivity contribution in [3.63, 3.8) is 0 Å². The van der Waals surface area contributed by atoms with Gasteiger partial charge < -0.3 is 39.8 Å². The van der Waals surface area contributed by atoms with Gasteiger partial charge in [0.15, 0.2) is 18.4 Å². The molecule has 1 aliphatic carbocycles. The summed E-state index contributed by atoms with van der Waals surface area (Å²) in [6.45, 7) is -1.20. The van der Waals surface area contributed by atoms with Crippen molar-refractivity contribution in [2.24, 2.45) is 5.92 Å². The minimum Gasteiger partial charge on any atom is -0.387 e. The fraction of sp³-hybridized carbons (Fsp3) is 0.692. The summed E-state index contributed by atoms with van der Waals surface area (Å²) in [5, 5.41) is 30.5. The van der Waals surface area contributed by atoms with Crippen LogP contribution in [0.15, 0.2) is 0 Å². The van der Waals surface area contributed by atoms with Gasteiger partial charge in [-0.2, -0.15) is 0 Å². The molecule has 8 N–H and O–H groups in total. The smallest absolute Gasteiger partial charge is 0.387 e. The van der Waals surface area contributed by atoms with Crippen LogP contribution < -0.4 is 0 Å². The summed E-state index contributed by atoms with van der Waals surface area (Å²) in [4.78, 5) is 89.5. The van der Waals surface area contributed by atoms with Crippen LogP contribution >= 0.6 is 23.5 Å². The van der Waals surface area contributed by atoms with E-state index in [0.717, 1.165) is 0 Å². The monoisotopic (exact) mass is 574 g/mol. The molecule has 35 heavy (non-hydrogen) atoms. The Hall–Kier alpha value is -1.11. The number of Topliss-reactive ketones (excluding diaryl/α,β-unsaturated/α-hetero) is 2. The van der Waals surface area contributed by atoms with Gasteiger partial charge in [0.1, 0.15) is 36.6 Å². The van der Waals surface area contributed by atoms with Gasteiger partial charge in [-0.25, -0.2) is 13.7 Å². The molecule has 0 heterocycles. The molecule has 1 fully saturated rings. The van der Waals surface area contributed by atoms with E-state index in [0.29, 0.717) is 0 Å². The number of aldehydes is 2. The lowest BCUT2D eigenvalue weighted by molar-refractivity contribution is -0.212. The zero-order valence-corrected chi connectivity index (χ0v) is 19.7.